The fraction of sp³-hybridized carbons (Fsp3) is 0.478. The standard InChI is InChI=1S/C23H33N5O4S/c1-7-11-28-18(3)23(17(2)25-28)33(29,30)27(16-20-14-24-26(4)15-20)12-10-19-8-9-21(31-5)22(13-19)32-6/h8-9,13-15H,7,10-12,16H2,1-6H3. The summed E-state index contributed by atoms with van der Waals surface area (Å²) in [6.45, 7) is 6.81. The average Bonchev–Trinajstić information content (AvgIpc) is 3.32. The summed E-state index contributed by atoms with van der Waals surface area (Å²) in [6.07, 6.45) is 4.92. The third kappa shape index (κ3) is 5.39. The van der Waals surface area contributed by atoms with Gasteiger partial charge in [-0.05, 0) is 44.4 Å². The molecule has 0 aliphatic rings. The van der Waals surface area contributed by atoms with Crippen molar-refractivity contribution < 1.29 is 17.9 Å². The molecule has 2 heterocycles. The second kappa shape index (κ2) is 10.4. The van der Waals surface area contributed by atoms with E-state index in [0.29, 0.717) is 42.4 Å². The maximum Gasteiger partial charge on any atom is 0.247 e. The zero-order valence-electron chi connectivity index (χ0n) is 20.2. The average molecular weight is 476 g/mol. The predicted octanol–water partition coefficient (Wildman–Crippen LogP) is 3.09. The van der Waals surface area contributed by atoms with Crippen molar-refractivity contribution in [3.05, 3.63) is 53.1 Å². The molecular weight excluding hydrogens is 442 g/mol. The topological polar surface area (TPSA) is 91.5 Å². The fourth-order valence-electron chi connectivity index (χ4n) is 3.94. The molecule has 0 bridgehead atoms. The number of benzene rings is 1. The molecule has 0 aliphatic carbocycles. The molecule has 1 aromatic carbocycles. The van der Waals surface area contributed by atoms with Crippen molar-refractivity contribution in [2.24, 2.45) is 7.05 Å². The molecule has 0 radical (unpaired) electrons. The van der Waals surface area contributed by atoms with Crippen molar-refractivity contribution in [1.29, 1.82) is 0 Å². The maximum absolute atomic E-state index is 13.8. The normalized spacial score (nSPS) is 11.8. The molecular formula is C23H33N5O4S. The van der Waals surface area contributed by atoms with Crippen molar-refractivity contribution in [2.45, 2.75) is 51.6 Å². The summed E-state index contributed by atoms with van der Waals surface area (Å²) in [7, 11) is 1.19. The zero-order chi connectivity index (χ0) is 24.2. The van der Waals surface area contributed by atoms with Crippen LogP contribution in [0.2, 0.25) is 0 Å². The molecule has 0 fully saturated rings. The number of nitrogens with zero attached hydrogens (tertiary/aromatic N) is 5. The van der Waals surface area contributed by atoms with Crippen molar-refractivity contribution in [2.75, 3.05) is 20.8 Å². The minimum absolute atomic E-state index is 0.224. The van der Waals surface area contributed by atoms with Crippen LogP contribution in [0.3, 0.4) is 0 Å². The van der Waals surface area contributed by atoms with E-state index < -0.39 is 10.0 Å². The Balaban J connectivity index is 1.94. The van der Waals surface area contributed by atoms with E-state index in [0.717, 1.165) is 17.5 Å². The summed E-state index contributed by atoms with van der Waals surface area (Å²) in [6, 6.07) is 5.63. The molecule has 0 unspecified atom stereocenters. The summed E-state index contributed by atoms with van der Waals surface area (Å²) in [5.41, 5.74) is 2.96. The van der Waals surface area contributed by atoms with E-state index in [1.807, 2.05) is 45.3 Å². The summed E-state index contributed by atoms with van der Waals surface area (Å²) >= 11 is 0. The Labute approximate surface area is 196 Å². The van der Waals surface area contributed by atoms with Gasteiger partial charge in [-0.2, -0.15) is 14.5 Å². The van der Waals surface area contributed by atoms with Crippen LogP contribution in [0, 0.1) is 13.8 Å². The highest BCUT2D eigenvalue weighted by molar-refractivity contribution is 7.89. The number of hydrogen-bond donors (Lipinski definition) is 0. The minimum atomic E-state index is -3.79. The molecule has 10 heteroatoms. The number of aryl methyl sites for hydroxylation is 3. The molecule has 0 saturated carbocycles. The van der Waals surface area contributed by atoms with Crippen LogP contribution in [0.15, 0.2) is 35.5 Å². The van der Waals surface area contributed by atoms with Crippen LogP contribution in [0.4, 0.5) is 0 Å². The molecule has 33 heavy (non-hydrogen) atoms. The molecule has 3 aromatic rings. The van der Waals surface area contributed by atoms with Gasteiger partial charge in [-0.25, -0.2) is 8.42 Å². The molecule has 0 spiro atoms. The summed E-state index contributed by atoms with van der Waals surface area (Å²) < 4.78 is 43.4. The van der Waals surface area contributed by atoms with Crippen molar-refractivity contribution in [3.63, 3.8) is 0 Å². The summed E-state index contributed by atoms with van der Waals surface area (Å²) in [4.78, 5) is 0.284. The van der Waals surface area contributed by atoms with E-state index in [1.165, 1.54) is 4.31 Å². The van der Waals surface area contributed by atoms with E-state index in [9.17, 15) is 8.42 Å². The second-order valence-electron chi connectivity index (χ2n) is 8.02. The first kappa shape index (κ1) is 24.8. The first-order chi connectivity index (χ1) is 15.7. The molecule has 2 aromatic heterocycles. The highest BCUT2D eigenvalue weighted by Gasteiger charge is 2.31. The molecule has 0 aliphatic heterocycles. The Morgan fingerprint density at radius 2 is 1.82 bits per heavy atom. The lowest BCUT2D eigenvalue weighted by molar-refractivity contribution is 0.354. The van der Waals surface area contributed by atoms with Gasteiger partial charge in [0.15, 0.2) is 11.5 Å². The first-order valence-corrected chi connectivity index (χ1v) is 12.4. The third-order valence-corrected chi connectivity index (χ3v) is 7.66. The maximum atomic E-state index is 13.8. The van der Waals surface area contributed by atoms with Crippen molar-refractivity contribution in [1.82, 2.24) is 23.9 Å². The molecule has 0 amide bonds. The zero-order valence-corrected chi connectivity index (χ0v) is 21.0. The quantitative estimate of drug-likeness (QED) is 0.423. The minimum Gasteiger partial charge on any atom is -0.493 e. The summed E-state index contributed by atoms with van der Waals surface area (Å²) in [5.74, 6) is 1.25. The van der Waals surface area contributed by atoms with Gasteiger partial charge in [-0.3, -0.25) is 9.36 Å². The fourth-order valence-corrected chi connectivity index (χ4v) is 5.75. The monoisotopic (exact) mass is 475 g/mol. The lowest BCUT2D eigenvalue weighted by Gasteiger charge is -2.22. The Morgan fingerprint density at radius 1 is 1.09 bits per heavy atom. The van der Waals surface area contributed by atoms with Crippen molar-refractivity contribution in [3.8, 4) is 11.5 Å². The lowest BCUT2D eigenvalue weighted by atomic mass is 10.1. The second-order valence-corrected chi connectivity index (χ2v) is 9.90. The van der Waals surface area contributed by atoms with E-state index in [2.05, 4.69) is 10.2 Å². The lowest BCUT2D eigenvalue weighted by Crippen LogP contribution is -2.33. The van der Waals surface area contributed by atoms with Crippen LogP contribution in [-0.4, -0.2) is 53.0 Å². The van der Waals surface area contributed by atoms with E-state index >= 15 is 0 Å². The van der Waals surface area contributed by atoms with Gasteiger partial charge in [0.2, 0.25) is 10.0 Å². The number of sulfonamides is 1. The van der Waals surface area contributed by atoms with Crippen LogP contribution in [0.25, 0.3) is 0 Å². The smallest absolute Gasteiger partial charge is 0.247 e. The van der Waals surface area contributed by atoms with E-state index in [-0.39, 0.29) is 11.4 Å². The SMILES string of the molecule is CCCn1nc(C)c(S(=O)(=O)N(CCc2ccc(OC)c(OC)c2)Cc2cnn(C)c2)c1C. The number of hydrogen-bond acceptors (Lipinski definition) is 6. The molecule has 0 N–H and O–H groups in total. The van der Waals surface area contributed by atoms with E-state index in [1.54, 1.807) is 36.7 Å². The van der Waals surface area contributed by atoms with Crippen LogP contribution in [-0.2, 0) is 36.6 Å². The molecule has 0 atom stereocenters. The van der Waals surface area contributed by atoms with Gasteiger partial charge in [0, 0.05) is 38.4 Å². The highest BCUT2D eigenvalue weighted by Crippen LogP contribution is 2.29. The van der Waals surface area contributed by atoms with Crippen LogP contribution in [0.1, 0.15) is 35.9 Å². The molecule has 0 saturated heterocycles. The largest absolute Gasteiger partial charge is 0.493 e. The van der Waals surface area contributed by atoms with Crippen LogP contribution >= 0.6 is 0 Å². The number of aromatic nitrogens is 4. The van der Waals surface area contributed by atoms with Gasteiger partial charge >= 0.3 is 0 Å². The highest BCUT2D eigenvalue weighted by atomic mass is 32.2. The first-order valence-electron chi connectivity index (χ1n) is 10.9. The third-order valence-electron chi connectivity index (χ3n) is 5.56. The number of rotatable bonds is 11. The predicted molar refractivity (Wildman–Crippen MR) is 126 cm³/mol. The Bertz CT molecular complexity index is 1200. The van der Waals surface area contributed by atoms with Gasteiger partial charge in [0.1, 0.15) is 4.90 Å². The van der Waals surface area contributed by atoms with Gasteiger partial charge in [-0.15, -0.1) is 0 Å². The summed E-state index contributed by atoms with van der Waals surface area (Å²) in [5, 5.41) is 8.68. The Hall–Kier alpha value is -2.85. The van der Waals surface area contributed by atoms with Gasteiger partial charge < -0.3 is 9.47 Å². The van der Waals surface area contributed by atoms with Gasteiger partial charge in [0.05, 0.1) is 31.8 Å². The van der Waals surface area contributed by atoms with Crippen LogP contribution in [0.5, 0.6) is 11.5 Å². The van der Waals surface area contributed by atoms with Crippen molar-refractivity contribution >= 4 is 10.0 Å². The number of ether oxygens (including phenoxy) is 2. The molecule has 180 valence electrons. The number of methoxy groups -OCH3 is 2. The van der Waals surface area contributed by atoms with Crippen LogP contribution < -0.4 is 9.47 Å². The molecule has 9 nitrogen and oxygen atoms in total. The molecule has 3 rings (SSSR count). The van der Waals surface area contributed by atoms with Gasteiger partial charge in [-0.1, -0.05) is 13.0 Å². The Kier molecular flexibility index (Phi) is 7.80. The Morgan fingerprint density at radius 3 is 2.42 bits per heavy atom. The van der Waals surface area contributed by atoms with Gasteiger partial charge in [0.25, 0.3) is 0 Å². The van der Waals surface area contributed by atoms with E-state index in [4.69, 9.17) is 9.47 Å².